The highest BCUT2D eigenvalue weighted by Gasteiger charge is 2.18. The highest BCUT2D eigenvalue weighted by atomic mass is 16.5. The number of hydrogen-bond acceptors (Lipinski definition) is 5. The SMILES string of the molecule is COc1ccc(CNC(=O)CCc2cn(-c3ccccc3)nc2-c2cc(OC)ccc2OC)cc1. The lowest BCUT2D eigenvalue weighted by Crippen LogP contribution is -2.23. The molecule has 0 aliphatic carbocycles. The van der Waals surface area contributed by atoms with Gasteiger partial charge < -0.3 is 19.5 Å². The summed E-state index contributed by atoms with van der Waals surface area (Å²) in [4.78, 5) is 12.7. The van der Waals surface area contributed by atoms with Crippen molar-refractivity contribution in [2.45, 2.75) is 19.4 Å². The van der Waals surface area contributed by atoms with E-state index in [9.17, 15) is 4.79 Å². The van der Waals surface area contributed by atoms with Crippen LogP contribution in [0.3, 0.4) is 0 Å². The van der Waals surface area contributed by atoms with Crippen LogP contribution in [0.1, 0.15) is 17.5 Å². The van der Waals surface area contributed by atoms with E-state index in [-0.39, 0.29) is 5.91 Å². The van der Waals surface area contributed by atoms with Gasteiger partial charge in [0.15, 0.2) is 0 Å². The second-order valence-corrected chi connectivity index (χ2v) is 7.97. The van der Waals surface area contributed by atoms with Gasteiger partial charge in [-0.1, -0.05) is 30.3 Å². The Kier molecular flexibility index (Phi) is 7.67. The molecule has 0 saturated carbocycles. The van der Waals surface area contributed by atoms with E-state index in [2.05, 4.69) is 5.32 Å². The molecule has 0 radical (unpaired) electrons. The van der Waals surface area contributed by atoms with Crippen molar-refractivity contribution >= 4 is 5.91 Å². The van der Waals surface area contributed by atoms with E-state index in [1.54, 1.807) is 21.3 Å². The van der Waals surface area contributed by atoms with E-state index in [4.69, 9.17) is 19.3 Å². The Bertz CT molecular complexity index is 1270. The number of ether oxygens (including phenoxy) is 3. The van der Waals surface area contributed by atoms with Gasteiger partial charge in [-0.2, -0.15) is 5.10 Å². The van der Waals surface area contributed by atoms with Crippen molar-refractivity contribution in [3.63, 3.8) is 0 Å². The molecule has 0 atom stereocenters. The number of benzene rings is 3. The maximum Gasteiger partial charge on any atom is 0.220 e. The molecule has 0 saturated heterocycles. The molecule has 7 heteroatoms. The van der Waals surface area contributed by atoms with E-state index in [1.165, 1.54) is 0 Å². The Morgan fingerprint density at radius 2 is 1.60 bits per heavy atom. The zero-order valence-corrected chi connectivity index (χ0v) is 20.2. The molecule has 3 aromatic carbocycles. The molecule has 1 heterocycles. The lowest BCUT2D eigenvalue weighted by molar-refractivity contribution is -0.121. The quantitative estimate of drug-likeness (QED) is 0.359. The fourth-order valence-corrected chi connectivity index (χ4v) is 3.81. The maximum absolute atomic E-state index is 12.7. The highest BCUT2D eigenvalue weighted by molar-refractivity contribution is 5.77. The van der Waals surface area contributed by atoms with Gasteiger partial charge in [-0.3, -0.25) is 4.79 Å². The van der Waals surface area contributed by atoms with Gasteiger partial charge in [-0.25, -0.2) is 4.68 Å². The largest absolute Gasteiger partial charge is 0.497 e. The van der Waals surface area contributed by atoms with Gasteiger partial charge in [0.05, 0.1) is 32.7 Å². The van der Waals surface area contributed by atoms with E-state index in [1.807, 2.05) is 83.7 Å². The number of hydrogen-bond donors (Lipinski definition) is 1. The molecule has 0 fully saturated rings. The zero-order chi connectivity index (χ0) is 24.6. The summed E-state index contributed by atoms with van der Waals surface area (Å²) in [6.45, 7) is 0.461. The van der Waals surface area contributed by atoms with Crippen molar-refractivity contribution in [1.82, 2.24) is 15.1 Å². The number of para-hydroxylation sites is 1. The fraction of sp³-hybridized carbons (Fsp3) is 0.214. The van der Waals surface area contributed by atoms with Crippen LogP contribution in [0.15, 0.2) is 79.0 Å². The average Bonchev–Trinajstić information content (AvgIpc) is 3.35. The number of nitrogens with zero attached hydrogens (tertiary/aromatic N) is 2. The Morgan fingerprint density at radius 3 is 2.29 bits per heavy atom. The van der Waals surface area contributed by atoms with Gasteiger partial charge in [-0.15, -0.1) is 0 Å². The van der Waals surface area contributed by atoms with E-state index < -0.39 is 0 Å². The predicted octanol–water partition coefficient (Wildman–Crippen LogP) is 4.81. The molecule has 0 aliphatic heterocycles. The molecule has 4 rings (SSSR count). The van der Waals surface area contributed by atoms with Crippen molar-refractivity contribution in [1.29, 1.82) is 0 Å². The lowest BCUT2D eigenvalue weighted by atomic mass is 10.0. The third kappa shape index (κ3) is 5.81. The molecule has 180 valence electrons. The molecule has 1 aromatic heterocycles. The molecule has 35 heavy (non-hydrogen) atoms. The van der Waals surface area contributed by atoms with Crippen molar-refractivity contribution in [3.05, 3.63) is 90.1 Å². The number of rotatable bonds is 10. The number of methoxy groups -OCH3 is 3. The minimum Gasteiger partial charge on any atom is -0.497 e. The number of nitrogens with one attached hydrogen (secondary N) is 1. The van der Waals surface area contributed by atoms with E-state index in [0.29, 0.717) is 30.9 Å². The summed E-state index contributed by atoms with van der Waals surface area (Å²) in [6.07, 6.45) is 2.83. The minimum absolute atomic E-state index is 0.0307. The molecular weight excluding hydrogens is 442 g/mol. The van der Waals surface area contributed by atoms with E-state index >= 15 is 0 Å². The van der Waals surface area contributed by atoms with Crippen LogP contribution >= 0.6 is 0 Å². The van der Waals surface area contributed by atoms with Crippen molar-refractivity contribution < 1.29 is 19.0 Å². The first-order chi connectivity index (χ1) is 17.1. The van der Waals surface area contributed by atoms with Crippen LogP contribution in [0.4, 0.5) is 0 Å². The first-order valence-corrected chi connectivity index (χ1v) is 11.4. The van der Waals surface area contributed by atoms with E-state index in [0.717, 1.165) is 33.8 Å². The summed E-state index contributed by atoms with van der Waals surface area (Å²) in [5.74, 6) is 2.15. The standard InChI is InChI=1S/C28H29N3O4/c1-33-23-12-9-20(10-13-23)18-29-27(32)16-11-21-19-31(22-7-5-4-6-8-22)30-28(21)25-17-24(34-2)14-15-26(25)35-3/h4-10,12-15,17,19H,11,16,18H2,1-3H3,(H,29,32). The van der Waals surface area contributed by atoms with Gasteiger partial charge in [0.1, 0.15) is 17.2 Å². The van der Waals surface area contributed by atoms with Gasteiger partial charge in [0.25, 0.3) is 0 Å². The molecule has 1 amide bonds. The summed E-state index contributed by atoms with van der Waals surface area (Å²) < 4.78 is 18.1. The normalized spacial score (nSPS) is 10.6. The van der Waals surface area contributed by atoms with Crippen LogP contribution in [0.25, 0.3) is 16.9 Å². The molecule has 0 bridgehead atoms. The third-order valence-electron chi connectivity index (χ3n) is 5.74. The topological polar surface area (TPSA) is 74.6 Å². The number of aromatic nitrogens is 2. The van der Waals surface area contributed by atoms with Crippen molar-refractivity contribution in [3.8, 4) is 34.2 Å². The Labute approximate surface area is 205 Å². The summed E-state index contributed by atoms with van der Waals surface area (Å²) in [7, 11) is 4.89. The smallest absolute Gasteiger partial charge is 0.220 e. The van der Waals surface area contributed by atoms with Gasteiger partial charge in [0.2, 0.25) is 5.91 Å². The average molecular weight is 472 g/mol. The van der Waals surface area contributed by atoms with Crippen LogP contribution in [0.5, 0.6) is 17.2 Å². The maximum atomic E-state index is 12.7. The number of aryl methyl sites for hydroxylation is 1. The van der Waals surface area contributed by atoms with Crippen LogP contribution in [-0.4, -0.2) is 37.0 Å². The monoisotopic (exact) mass is 471 g/mol. The second kappa shape index (κ2) is 11.2. The molecule has 0 spiro atoms. The van der Waals surface area contributed by atoms with Crippen LogP contribution in [0, 0.1) is 0 Å². The van der Waals surface area contributed by atoms with Crippen LogP contribution in [-0.2, 0) is 17.8 Å². The Hall–Kier alpha value is -4.26. The highest BCUT2D eigenvalue weighted by Crippen LogP contribution is 2.35. The molecule has 7 nitrogen and oxygen atoms in total. The second-order valence-electron chi connectivity index (χ2n) is 7.97. The summed E-state index contributed by atoms with van der Waals surface area (Å²) in [5, 5.41) is 7.85. The number of carbonyl (C=O) groups is 1. The van der Waals surface area contributed by atoms with Crippen molar-refractivity contribution in [2.24, 2.45) is 0 Å². The molecule has 4 aromatic rings. The molecule has 1 N–H and O–H groups in total. The molecule has 0 unspecified atom stereocenters. The lowest BCUT2D eigenvalue weighted by Gasteiger charge is -2.10. The van der Waals surface area contributed by atoms with Crippen LogP contribution in [0.2, 0.25) is 0 Å². The third-order valence-corrected chi connectivity index (χ3v) is 5.74. The zero-order valence-electron chi connectivity index (χ0n) is 20.2. The molecular formula is C28H29N3O4. The molecule has 0 aliphatic rings. The van der Waals surface area contributed by atoms with Crippen molar-refractivity contribution in [2.75, 3.05) is 21.3 Å². The van der Waals surface area contributed by atoms with Crippen LogP contribution < -0.4 is 19.5 Å². The van der Waals surface area contributed by atoms with Gasteiger partial charge in [0, 0.05) is 24.7 Å². The first-order valence-electron chi connectivity index (χ1n) is 11.4. The Morgan fingerprint density at radius 1 is 0.886 bits per heavy atom. The number of amides is 1. The predicted molar refractivity (Wildman–Crippen MR) is 135 cm³/mol. The fourth-order valence-electron chi connectivity index (χ4n) is 3.81. The minimum atomic E-state index is -0.0307. The number of carbonyl (C=O) groups excluding carboxylic acids is 1. The summed E-state index contributed by atoms with van der Waals surface area (Å²) in [6, 6.07) is 23.1. The summed E-state index contributed by atoms with van der Waals surface area (Å²) in [5.41, 5.74) is 4.46. The van der Waals surface area contributed by atoms with Gasteiger partial charge in [-0.05, 0) is 60.0 Å². The summed E-state index contributed by atoms with van der Waals surface area (Å²) >= 11 is 0. The van der Waals surface area contributed by atoms with Gasteiger partial charge >= 0.3 is 0 Å². The first kappa shape index (κ1) is 23.9. The Balaban J connectivity index is 1.55.